The van der Waals surface area contributed by atoms with E-state index < -0.39 is 0 Å². The predicted molar refractivity (Wildman–Crippen MR) is 64.5 cm³/mol. The number of nitrogens with two attached hydrogens (primary N) is 1. The summed E-state index contributed by atoms with van der Waals surface area (Å²) in [7, 11) is 0. The zero-order chi connectivity index (χ0) is 11.3. The summed E-state index contributed by atoms with van der Waals surface area (Å²) in [6, 6.07) is 9.25. The van der Waals surface area contributed by atoms with Gasteiger partial charge in [-0.05, 0) is 24.6 Å². The van der Waals surface area contributed by atoms with Gasteiger partial charge < -0.3 is 15.3 Å². The molecule has 0 radical (unpaired) electrons. The molecule has 1 heterocycles. The summed E-state index contributed by atoms with van der Waals surface area (Å²) >= 11 is 0. The highest BCUT2D eigenvalue weighted by Gasteiger charge is 2.14. The molecule has 3 rings (SSSR count). The molecular weight excluding hydrogens is 202 g/mol. The summed E-state index contributed by atoms with van der Waals surface area (Å²) in [5.41, 5.74) is 8.75. The van der Waals surface area contributed by atoms with Gasteiger partial charge in [0, 0.05) is 11.1 Å². The summed E-state index contributed by atoms with van der Waals surface area (Å²) in [5, 5.41) is 11.6. The van der Waals surface area contributed by atoms with Crippen molar-refractivity contribution in [1.29, 1.82) is 0 Å². The molecule has 0 saturated heterocycles. The van der Waals surface area contributed by atoms with Crippen molar-refractivity contribution in [2.75, 3.05) is 5.73 Å². The third-order valence-electron chi connectivity index (χ3n) is 2.88. The zero-order valence-corrected chi connectivity index (χ0v) is 8.82. The first kappa shape index (κ1) is 9.09. The van der Waals surface area contributed by atoms with E-state index in [-0.39, 0.29) is 5.75 Å². The lowest BCUT2D eigenvalue weighted by Crippen LogP contribution is -1.89. The summed E-state index contributed by atoms with van der Waals surface area (Å²) in [6.45, 7) is 1.87. The van der Waals surface area contributed by atoms with Crippen LogP contribution in [0.3, 0.4) is 0 Å². The van der Waals surface area contributed by atoms with Crippen LogP contribution in [0.25, 0.3) is 21.9 Å². The molecule has 0 unspecified atom stereocenters. The fourth-order valence-electron chi connectivity index (χ4n) is 2.04. The monoisotopic (exact) mass is 213 g/mol. The molecule has 0 fully saturated rings. The van der Waals surface area contributed by atoms with Crippen molar-refractivity contribution in [2.45, 2.75) is 6.92 Å². The Labute approximate surface area is 92.1 Å². The summed E-state index contributed by atoms with van der Waals surface area (Å²) in [6.07, 6.45) is 0. The Morgan fingerprint density at radius 2 is 2.00 bits per heavy atom. The molecule has 0 spiro atoms. The number of hydrogen-bond acceptors (Lipinski definition) is 3. The number of fused-ring (bicyclic) bond motifs is 3. The zero-order valence-electron chi connectivity index (χ0n) is 8.82. The first-order valence-corrected chi connectivity index (χ1v) is 5.08. The van der Waals surface area contributed by atoms with Crippen molar-refractivity contribution < 1.29 is 9.52 Å². The van der Waals surface area contributed by atoms with E-state index in [1.165, 1.54) is 0 Å². The molecule has 0 amide bonds. The molecule has 0 aliphatic heterocycles. The van der Waals surface area contributed by atoms with Crippen molar-refractivity contribution in [1.82, 2.24) is 0 Å². The molecule has 80 valence electrons. The second kappa shape index (κ2) is 2.92. The summed E-state index contributed by atoms with van der Waals surface area (Å²) in [4.78, 5) is 0. The summed E-state index contributed by atoms with van der Waals surface area (Å²) in [5.74, 6) is 0.137. The minimum absolute atomic E-state index is 0.137. The molecule has 3 heteroatoms. The standard InChI is InChI=1S/C13H11NO2/c1-7-6-9(15)13-11(12(7)14)8-4-2-3-5-10(8)16-13/h2-6,15H,14H2,1H3. The van der Waals surface area contributed by atoms with Crippen LogP contribution in [-0.4, -0.2) is 5.11 Å². The molecule has 1 aromatic heterocycles. The molecular formula is C13H11NO2. The number of aromatic hydroxyl groups is 1. The molecule has 0 saturated carbocycles. The van der Waals surface area contributed by atoms with E-state index in [4.69, 9.17) is 10.2 Å². The van der Waals surface area contributed by atoms with Crippen molar-refractivity contribution in [3.8, 4) is 5.75 Å². The molecule has 3 aromatic rings. The second-order valence-corrected chi connectivity index (χ2v) is 3.93. The van der Waals surface area contributed by atoms with Crippen LogP contribution in [0, 0.1) is 6.92 Å². The second-order valence-electron chi connectivity index (χ2n) is 3.93. The van der Waals surface area contributed by atoms with Gasteiger partial charge in [0.25, 0.3) is 0 Å². The third-order valence-corrected chi connectivity index (χ3v) is 2.88. The maximum Gasteiger partial charge on any atom is 0.179 e. The van der Waals surface area contributed by atoms with E-state index in [1.54, 1.807) is 6.07 Å². The number of nitrogen functional groups attached to an aromatic ring is 1. The van der Waals surface area contributed by atoms with Crippen LogP contribution in [-0.2, 0) is 0 Å². The number of benzene rings is 2. The lowest BCUT2D eigenvalue weighted by Gasteiger charge is -2.02. The van der Waals surface area contributed by atoms with Crippen LogP contribution >= 0.6 is 0 Å². The minimum Gasteiger partial charge on any atom is -0.504 e. The van der Waals surface area contributed by atoms with Crippen LogP contribution in [0.5, 0.6) is 5.75 Å². The number of aryl methyl sites for hydroxylation is 1. The quantitative estimate of drug-likeness (QED) is 0.445. The number of phenols is 1. The molecule has 0 bridgehead atoms. The normalized spacial score (nSPS) is 11.3. The van der Waals surface area contributed by atoms with E-state index in [0.717, 1.165) is 21.9 Å². The van der Waals surface area contributed by atoms with E-state index in [0.29, 0.717) is 11.3 Å². The highest BCUT2D eigenvalue weighted by atomic mass is 16.4. The lowest BCUT2D eigenvalue weighted by atomic mass is 10.1. The number of anilines is 1. The average Bonchev–Trinajstić information content (AvgIpc) is 2.66. The smallest absolute Gasteiger partial charge is 0.179 e. The molecule has 0 aliphatic rings. The Balaban J connectivity index is 2.66. The van der Waals surface area contributed by atoms with Gasteiger partial charge in [0.05, 0.1) is 5.39 Å². The number of hydrogen-bond donors (Lipinski definition) is 2. The van der Waals surface area contributed by atoms with Gasteiger partial charge in [-0.2, -0.15) is 0 Å². The topological polar surface area (TPSA) is 59.4 Å². The molecule has 0 aliphatic carbocycles. The van der Waals surface area contributed by atoms with Gasteiger partial charge in [0.2, 0.25) is 0 Å². The molecule has 3 N–H and O–H groups in total. The highest BCUT2D eigenvalue weighted by Crippen LogP contribution is 2.39. The Morgan fingerprint density at radius 3 is 2.81 bits per heavy atom. The van der Waals surface area contributed by atoms with Crippen molar-refractivity contribution in [3.05, 3.63) is 35.9 Å². The van der Waals surface area contributed by atoms with Crippen LogP contribution in [0.1, 0.15) is 5.56 Å². The van der Waals surface area contributed by atoms with Gasteiger partial charge in [-0.1, -0.05) is 18.2 Å². The fourth-order valence-corrected chi connectivity index (χ4v) is 2.04. The van der Waals surface area contributed by atoms with Gasteiger partial charge in [-0.25, -0.2) is 0 Å². The van der Waals surface area contributed by atoms with Gasteiger partial charge in [0.15, 0.2) is 11.3 Å². The highest BCUT2D eigenvalue weighted by molar-refractivity contribution is 6.13. The number of phenolic OH excluding ortho intramolecular Hbond substituents is 1. The minimum atomic E-state index is 0.137. The van der Waals surface area contributed by atoms with E-state index in [1.807, 2.05) is 31.2 Å². The Hall–Kier alpha value is -2.16. The van der Waals surface area contributed by atoms with E-state index >= 15 is 0 Å². The van der Waals surface area contributed by atoms with Crippen molar-refractivity contribution in [2.24, 2.45) is 0 Å². The van der Waals surface area contributed by atoms with E-state index in [2.05, 4.69) is 0 Å². The summed E-state index contributed by atoms with van der Waals surface area (Å²) < 4.78 is 5.59. The van der Waals surface area contributed by atoms with Crippen LogP contribution in [0.2, 0.25) is 0 Å². The third kappa shape index (κ3) is 1.03. The lowest BCUT2D eigenvalue weighted by molar-refractivity contribution is 0.468. The average molecular weight is 213 g/mol. The predicted octanol–water partition coefficient (Wildman–Crippen LogP) is 3.18. The maximum atomic E-state index is 9.83. The van der Waals surface area contributed by atoms with E-state index in [9.17, 15) is 5.11 Å². The van der Waals surface area contributed by atoms with Crippen molar-refractivity contribution in [3.63, 3.8) is 0 Å². The van der Waals surface area contributed by atoms with Gasteiger partial charge in [-0.15, -0.1) is 0 Å². The van der Waals surface area contributed by atoms with Crippen molar-refractivity contribution >= 4 is 27.6 Å². The molecule has 16 heavy (non-hydrogen) atoms. The largest absolute Gasteiger partial charge is 0.504 e. The Morgan fingerprint density at radius 1 is 1.25 bits per heavy atom. The first-order chi connectivity index (χ1) is 7.68. The number of rotatable bonds is 0. The van der Waals surface area contributed by atoms with Crippen LogP contribution in [0.4, 0.5) is 5.69 Å². The van der Waals surface area contributed by atoms with Gasteiger partial charge in [-0.3, -0.25) is 0 Å². The molecule has 3 nitrogen and oxygen atoms in total. The molecule has 2 aromatic carbocycles. The fraction of sp³-hybridized carbons (Fsp3) is 0.0769. The number of para-hydroxylation sites is 1. The van der Waals surface area contributed by atoms with Crippen LogP contribution < -0.4 is 5.73 Å². The van der Waals surface area contributed by atoms with Gasteiger partial charge >= 0.3 is 0 Å². The maximum absolute atomic E-state index is 9.83. The Kier molecular flexibility index (Phi) is 1.66. The number of furan rings is 1. The van der Waals surface area contributed by atoms with Crippen LogP contribution in [0.15, 0.2) is 34.7 Å². The Bertz CT molecular complexity index is 698. The molecule has 0 atom stereocenters. The SMILES string of the molecule is Cc1cc(O)c2oc3ccccc3c2c1N. The first-order valence-electron chi connectivity index (χ1n) is 5.08. The van der Waals surface area contributed by atoms with Gasteiger partial charge in [0.1, 0.15) is 5.58 Å².